The largest absolute Gasteiger partial charge is 0.143 e. The van der Waals surface area contributed by atoms with Gasteiger partial charge in [0.15, 0.2) is 0 Å². The zero-order chi connectivity index (χ0) is 7.68. The van der Waals surface area contributed by atoms with Crippen LogP contribution in [0.1, 0.15) is 5.56 Å². The van der Waals surface area contributed by atoms with Crippen LogP contribution in [0.25, 0.3) is 16.2 Å². The van der Waals surface area contributed by atoms with Gasteiger partial charge >= 0.3 is 0 Å². The fraction of sp³-hybridized carbons (Fsp3) is 0. The molecule has 0 bridgehead atoms. The Morgan fingerprint density at radius 2 is 2.36 bits per heavy atom. The summed E-state index contributed by atoms with van der Waals surface area (Å²) in [6.07, 6.45) is 1.85. The lowest BCUT2D eigenvalue weighted by atomic mass is 10.2. The molecule has 0 N–H and O–H groups in total. The Balaban J connectivity index is 2.76. The average Bonchev–Trinajstić information content (AvgIpc) is 2.50. The highest BCUT2D eigenvalue weighted by atomic mass is 32.1. The number of benzene rings is 1. The first kappa shape index (κ1) is 6.62. The van der Waals surface area contributed by atoms with Gasteiger partial charge in [0.2, 0.25) is 0 Å². The maximum Gasteiger partial charge on any atom is 0.0349 e. The van der Waals surface area contributed by atoms with Crippen LogP contribution >= 0.6 is 11.3 Å². The number of fused-ring (bicyclic) bond motifs is 1. The van der Waals surface area contributed by atoms with Crippen LogP contribution < -0.4 is 0 Å². The summed E-state index contributed by atoms with van der Waals surface area (Å²) in [7, 11) is 0. The Hall–Kier alpha value is -1.08. The Labute approximate surface area is 69.8 Å². The molecule has 0 unspecified atom stereocenters. The summed E-state index contributed by atoms with van der Waals surface area (Å²) in [4.78, 5) is 0. The van der Waals surface area contributed by atoms with Crippen molar-refractivity contribution in [2.24, 2.45) is 0 Å². The molecule has 1 aromatic heterocycles. The van der Waals surface area contributed by atoms with Crippen LogP contribution in [0.3, 0.4) is 0 Å². The van der Waals surface area contributed by atoms with Crippen LogP contribution in [0.5, 0.6) is 0 Å². The molecular weight excluding hydrogens is 152 g/mol. The highest BCUT2D eigenvalue weighted by molar-refractivity contribution is 7.17. The molecule has 0 aliphatic rings. The molecule has 0 fully saturated rings. The van der Waals surface area contributed by atoms with Crippen molar-refractivity contribution in [3.63, 3.8) is 0 Å². The van der Waals surface area contributed by atoms with E-state index in [0.717, 1.165) is 5.56 Å². The van der Waals surface area contributed by atoms with Gasteiger partial charge in [-0.2, -0.15) is 0 Å². The zero-order valence-corrected chi connectivity index (χ0v) is 6.82. The molecule has 0 atom stereocenters. The van der Waals surface area contributed by atoms with E-state index in [2.05, 4.69) is 30.8 Å². The third kappa shape index (κ3) is 1.08. The molecule has 1 heteroatoms. The van der Waals surface area contributed by atoms with E-state index in [1.807, 2.05) is 11.5 Å². The van der Waals surface area contributed by atoms with Crippen molar-refractivity contribution in [3.8, 4) is 0 Å². The maximum absolute atomic E-state index is 3.71. The lowest BCUT2D eigenvalue weighted by Crippen LogP contribution is -1.68. The fourth-order valence-corrected chi connectivity index (χ4v) is 1.75. The highest BCUT2D eigenvalue weighted by Gasteiger charge is 1.93. The average molecular weight is 159 g/mol. The fourth-order valence-electron chi connectivity index (χ4n) is 1.05. The molecule has 0 saturated heterocycles. The Bertz CT molecular complexity index is 384. The molecule has 0 amide bonds. The van der Waals surface area contributed by atoms with E-state index in [1.165, 1.54) is 10.1 Å². The quantitative estimate of drug-likeness (QED) is 0.598. The van der Waals surface area contributed by atoms with Crippen molar-refractivity contribution in [1.82, 2.24) is 0 Å². The molecule has 0 spiro atoms. The van der Waals surface area contributed by atoms with Crippen molar-refractivity contribution in [2.45, 2.75) is 0 Å². The minimum Gasteiger partial charge on any atom is -0.143 e. The molecule has 0 saturated carbocycles. The predicted octanol–water partition coefficient (Wildman–Crippen LogP) is 3.34. The van der Waals surface area contributed by atoms with E-state index >= 15 is 0 Å². The molecule has 1 radical (unpaired) electrons. The molecule has 2 aromatic rings. The van der Waals surface area contributed by atoms with Gasteiger partial charge in [-0.3, -0.25) is 0 Å². The molecule has 11 heavy (non-hydrogen) atoms. The van der Waals surface area contributed by atoms with Crippen molar-refractivity contribution in [1.29, 1.82) is 0 Å². The van der Waals surface area contributed by atoms with E-state index in [1.54, 1.807) is 11.3 Å². The van der Waals surface area contributed by atoms with Crippen LogP contribution in [0.4, 0.5) is 0 Å². The van der Waals surface area contributed by atoms with Gasteiger partial charge in [-0.05, 0) is 23.1 Å². The Morgan fingerprint density at radius 3 is 3.18 bits per heavy atom. The lowest BCUT2D eigenvalue weighted by molar-refractivity contribution is 1.77. The Morgan fingerprint density at radius 1 is 1.45 bits per heavy atom. The van der Waals surface area contributed by atoms with Gasteiger partial charge in [-0.15, -0.1) is 11.3 Å². The normalized spacial score (nSPS) is 10.2. The molecular formula is C10H7S. The van der Waals surface area contributed by atoms with Gasteiger partial charge < -0.3 is 0 Å². The van der Waals surface area contributed by atoms with E-state index in [-0.39, 0.29) is 0 Å². The second-order valence-corrected chi connectivity index (χ2v) is 3.25. The smallest absolute Gasteiger partial charge is 0.0349 e. The molecule has 1 aromatic carbocycles. The number of rotatable bonds is 1. The second-order valence-electron chi connectivity index (χ2n) is 2.34. The monoisotopic (exact) mass is 159 g/mol. The first-order chi connectivity index (χ1) is 5.40. The zero-order valence-electron chi connectivity index (χ0n) is 6.00. The van der Waals surface area contributed by atoms with Crippen LogP contribution in [-0.2, 0) is 0 Å². The first-order valence-corrected chi connectivity index (χ1v) is 4.29. The SMILES string of the molecule is C=Cc1ccc2sc[c]c2c1. The molecule has 53 valence electrons. The van der Waals surface area contributed by atoms with Crippen LogP contribution in [0, 0.1) is 6.07 Å². The topological polar surface area (TPSA) is 0 Å². The molecule has 1 heterocycles. The summed E-state index contributed by atoms with van der Waals surface area (Å²) >= 11 is 1.72. The first-order valence-electron chi connectivity index (χ1n) is 3.41. The second kappa shape index (κ2) is 2.51. The third-order valence-electron chi connectivity index (χ3n) is 1.64. The van der Waals surface area contributed by atoms with Crippen molar-refractivity contribution >= 4 is 27.5 Å². The number of thiophene rings is 1. The van der Waals surface area contributed by atoms with Gasteiger partial charge in [0.25, 0.3) is 0 Å². The highest BCUT2D eigenvalue weighted by Crippen LogP contribution is 2.21. The summed E-state index contributed by atoms with van der Waals surface area (Å²) in [6, 6.07) is 9.43. The number of hydrogen-bond acceptors (Lipinski definition) is 1. The van der Waals surface area contributed by atoms with Crippen molar-refractivity contribution in [3.05, 3.63) is 41.8 Å². The van der Waals surface area contributed by atoms with Crippen molar-refractivity contribution < 1.29 is 0 Å². The third-order valence-corrected chi connectivity index (χ3v) is 2.49. The van der Waals surface area contributed by atoms with Gasteiger partial charge in [0.1, 0.15) is 0 Å². The van der Waals surface area contributed by atoms with Gasteiger partial charge in [0.05, 0.1) is 0 Å². The standard InChI is InChI=1S/C10H7S/c1-2-8-3-4-10-9(7-8)5-6-11-10/h2-4,6-7H,1H2. The molecule has 2 rings (SSSR count). The van der Waals surface area contributed by atoms with E-state index in [9.17, 15) is 0 Å². The maximum atomic E-state index is 3.71. The minimum atomic E-state index is 1.16. The number of hydrogen-bond donors (Lipinski definition) is 0. The summed E-state index contributed by atoms with van der Waals surface area (Å²) in [6.45, 7) is 3.71. The van der Waals surface area contributed by atoms with Crippen LogP contribution in [0.2, 0.25) is 0 Å². The van der Waals surface area contributed by atoms with Crippen LogP contribution in [0.15, 0.2) is 30.2 Å². The summed E-state index contributed by atoms with van der Waals surface area (Å²) in [5, 5.41) is 3.17. The summed E-state index contributed by atoms with van der Waals surface area (Å²) < 4.78 is 1.29. The van der Waals surface area contributed by atoms with Gasteiger partial charge in [-0.1, -0.05) is 18.7 Å². The van der Waals surface area contributed by atoms with Gasteiger partial charge in [-0.25, -0.2) is 0 Å². The van der Waals surface area contributed by atoms with Crippen LogP contribution in [-0.4, -0.2) is 0 Å². The summed E-state index contributed by atoms with van der Waals surface area (Å²) in [5.74, 6) is 0. The lowest BCUT2D eigenvalue weighted by Gasteiger charge is -1.91. The van der Waals surface area contributed by atoms with Gasteiger partial charge in [0, 0.05) is 16.2 Å². The molecule has 0 aliphatic carbocycles. The molecule has 0 aliphatic heterocycles. The van der Waals surface area contributed by atoms with E-state index in [4.69, 9.17) is 0 Å². The summed E-state index contributed by atoms with van der Waals surface area (Å²) in [5.41, 5.74) is 1.16. The van der Waals surface area contributed by atoms with E-state index in [0.29, 0.717) is 0 Å². The predicted molar refractivity (Wildman–Crippen MR) is 50.8 cm³/mol. The Kier molecular flexibility index (Phi) is 1.51. The minimum absolute atomic E-state index is 1.16. The molecule has 0 nitrogen and oxygen atoms in total. The van der Waals surface area contributed by atoms with Crippen molar-refractivity contribution in [2.75, 3.05) is 0 Å². The van der Waals surface area contributed by atoms with E-state index < -0.39 is 0 Å².